The lowest BCUT2D eigenvalue weighted by Crippen LogP contribution is -2.22. The number of alkyl halides is 1. The molecular formula is C21H25FN4OS2. The average molecular weight is 433 g/mol. The third-order valence-electron chi connectivity index (χ3n) is 4.73. The van der Waals surface area contributed by atoms with E-state index in [9.17, 15) is 9.18 Å². The van der Waals surface area contributed by atoms with E-state index in [0.29, 0.717) is 17.1 Å². The number of aryl methyl sites for hydroxylation is 2. The fourth-order valence-corrected chi connectivity index (χ4v) is 4.81. The molecule has 0 fully saturated rings. The molecule has 0 radical (unpaired) electrons. The van der Waals surface area contributed by atoms with Gasteiger partial charge in [0.2, 0.25) is 0 Å². The van der Waals surface area contributed by atoms with Crippen molar-refractivity contribution in [3.05, 3.63) is 46.0 Å². The third-order valence-corrected chi connectivity index (χ3v) is 6.54. The van der Waals surface area contributed by atoms with Crippen molar-refractivity contribution in [1.82, 2.24) is 15.5 Å². The first-order chi connectivity index (χ1) is 14.2. The number of thiophene rings is 1. The number of thioether (sulfide) groups is 1. The van der Waals surface area contributed by atoms with E-state index in [-0.39, 0.29) is 5.91 Å². The van der Waals surface area contributed by atoms with Crippen molar-refractivity contribution in [2.75, 3.05) is 11.7 Å². The van der Waals surface area contributed by atoms with Gasteiger partial charge in [0.05, 0.1) is 11.4 Å². The first-order valence-corrected chi connectivity index (χ1v) is 11.6. The van der Waals surface area contributed by atoms with Crippen LogP contribution in [0.3, 0.4) is 0 Å². The summed E-state index contributed by atoms with van der Waals surface area (Å²) in [4.78, 5) is 14.7. The first-order valence-electron chi connectivity index (χ1n) is 9.79. The van der Waals surface area contributed by atoms with Gasteiger partial charge < -0.3 is 11.1 Å². The van der Waals surface area contributed by atoms with Gasteiger partial charge in [-0.25, -0.2) is 4.39 Å². The van der Waals surface area contributed by atoms with Gasteiger partial charge in [-0.05, 0) is 48.9 Å². The highest BCUT2D eigenvalue weighted by Gasteiger charge is 2.23. The Labute approximate surface area is 178 Å². The lowest BCUT2D eigenvalue weighted by molar-refractivity contribution is 0.0956. The number of nitrogens with two attached hydrogens (primary N) is 1. The quantitative estimate of drug-likeness (QED) is 0.547. The Morgan fingerprint density at radius 1 is 1.21 bits per heavy atom. The second-order valence-electron chi connectivity index (χ2n) is 6.44. The van der Waals surface area contributed by atoms with Crippen LogP contribution in [0.1, 0.15) is 53.2 Å². The fraction of sp³-hybridized carbons (Fsp3) is 0.381. The number of nitrogens with zero attached hydrogens (tertiary/aromatic N) is 2. The summed E-state index contributed by atoms with van der Waals surface area (Å²) in [5.74, 6) is -0.206. The van der Waals surface area contributed by atoms with Crippen molar-refractivity contribution in [2.24, 2.45) is 0 Å². The SMILES string of the molecule is CC.Nc1c(C(=O)NCc2ccc(SCF)cc2)sc2nnc3c(c12)CCCC3. The highest BCUT2D eigenvalue weighted by atomic mass is 32.2. The van der Waals surface area contributed by atoms with Gasteiger partial charge in [-0.1, -0.05) is 37.7 Å². The average Bonchev–Trinajstić information content (AvgIpc) is 3.12. The van der Waals surface area contributed by atoms with Gasteiger partial charge in [-0.3, -0.25) is 4.79 Å². The maximum atomic E-state index is 12.7. The normalized spacial score (nSPS) is 12.8. The molecule has 0 spiro atoms. The predicted molar refractivity (Wildman–Crippen MR) is 119 cm³/mol. The monoisotopic (exact) mass is 432 g/mol. The van der Waals surface area contributed by atoms with Crippen molar-refractivity contribution in [3.8, 4) is 0 Å². The highest BCUT2D eigenvalue weighted by molar-refractivity contribution is 7.99. The molecule has 3 N–H and O–H groups in total. The van der Waals surface area contributed by atoms with Crippen LogP contribution in [0.4, 0.5) is 10.1 Å². The number of carbonyl (C=O) groups is 1. The van der Waals surface area contributed by atoms with E-state index in [0.717, 1.165) is 69.4 Å². The third kappa shape index (κ3) is 4.70. The summed E-state index contributed by atoms with van der Waals surface area (Å²) in [6.45, 7) is 4.39. The molecule has 0 bridgehead atoms. The van der Waals surface area contributed by atoms with Crippen LogP contribution in [-0.2, 0) is 19.4 Å². The summed E-state index contributed by atoms with van der Waals surface area (Å²) < 4.78 is 12.3. The van der Waals surface area contributed by atoms with Crippen molar-refractivity contribution >= 4 is 44.9 Å². The van der Waals surface area contributed by atoms with Crippen LogP contribution < -0.4 is 11.1 Å². The molecule has 0 aliphatic heterocycles. The van der Waals surface area contributed by atoms with Crippen LogP contribution in [0.15, 0.2) is 29.2 Å². The van der Waals surface area contributed by atoms with E-state index in [1.165, 1.54) is 11.3 Å². The summed E-state index contributed by atoms with van der Waals surface area (Å²) in [5.41, 5.74) is 9.95. The standard InChI is InChI=1S/C19H19FN4OS2.C2H6/c20-10-26-12-7-5-11(6-8-12)9-22-18(25)17-16(21)15-13-3-1-2-4-14(13)23-24-19(15)27-17;1-2/h5-8H,1-4,9-10,21H2,(H,22,25);1-2H3. The molecule has 2 aromatic heterocycles. The Morgan fingerprint density at radius 2 is 1.93 bits per heavy atom. The van der Waals surface area contributed by atoms with Crippen molar-refractivity contribution in [2.45, 2.75) is 51.0 Å². The Kier molecular flexibility index (Phi) is 7.44. The van der Waals surface area contributed by atoms with Crippen LogP contribution in [-0.4, -0.2) is 22.1 Å². The van der Waals surface area contributed by atoms with Gasteiger partial charge in [0, 0.05) is 16.8 Å². The number of benzene rings is 1. The second kappa shape index (κ2) is 10.0. The number of nitrogens with one attached hydrogen (secondary N) is 1. The molecular weight excluding hydrogens is 407 g/mol. The molecule has 29 heavy (non-hydrogen) atoms. The molecule has 4 rings (SSSR count). The summed E-state index contributed by atoms with van der Waals surface area (Å²) in [6, 6.07) is 7.01. The van der Waals surface area contributed by atoms with E-state index >= 15 is 0 Å². The van der Waals surface area contributed by atoms with E-state index in [1.54, 1.807) is 0 Å². The van der Waals surface area contributed by atoms with Gasteiger partial charge in [0.15, 0.2) is 0 Å². The van der Waals surface area contributed by atoms with Gasteiger partial charge in [0.1, 0.15) is 15.7 Å². The number of anilines is 1. The van der Waals surface area contributed by atoms with Gasteiger partial charge in [-0.15, -0.1) is 16.4 Å². The Morgan fingerprint density at radius 3 is 2.66 bits per heavy atom. The smallest absolute Gasteiger partial charge is 0.263 e. The summed E-state index contributed by atoms with van der Waals surface area (Å²) in [7, 11) is 0. The molecule has 0 saturated heterocycles. The van der Waals surface area contributed by atoms with Gasteiger partial charge >= 0.3 is 0 Å². The molecule has 0 unspecified atom stereocenters. The number of fused-ring (bicyclic) bond motifs is 3. The number of hydrogen-bond acceptors (Lipinski definition) is 6. The number of carbonyl (C=O) groups excluding carboxylic acids is 1. The summed E-state index contributed by atoms with van der Waals surface area (Å²) in [6.07, 6.45) is 4.09. The maximum Gasteiger partial charge on any atom is 0.263 e. The summed E-state index contributed by atoms with van der Waals surface area (Å²) >= 11 is 2.43. The fourth-order valence-electron chi connectivity index (χ4n) is 3.37. The second-order valence-corrected chi connectivity index (χ2v) is 8.41. The topological polar surface area (TPSA) is 80.9 Å². The van der Waals surface area contributed by atoms with Crippen LogP contribution in [0, 0.1) is 0 Å². The van der Waals surface area contributed by atoms with E-state index in [2.05, 4.69) is 15.5 Å². The molecule has 0 atom stereocenters. The molecule has 154 valence electrons. The molecule has 1 aliphatic rings. The van der Waals surface area contributed by atoms with E-state index < -0.39 is 6.01 Å². The Bertz CT molecular complexity index is 989. The minimum Gasteiger partial charge on any atom is -0.397 e. The lowest BCUT2D eigenvalue weighted by atomic mass is 9.94. The minimum atomic E-state index is -0.451. The minimum absolute atomic E-state index is 0.206. The molecule has 1 amide bonds. The Balaban J connectivity index is 0.00000117. The maximum absolute atomic E-state index is 12.7. The highest BCUT2D eigenvalue weighted by Crippen LogP contribution is 2.37. The predicted octanol–water partition coefficient (Wildman–Crippen LogP) is 5.13. The number of aromatic nitrogens is 2. The van der Waals surface area contributed by atoms with Gasteiger partial charge in [-0.2, -0.15) is 5.10 Å². The zero-order chi connectivity index (χ0) is 20.8. The van der Waals surface area contributed by atoms with E-state index in [4.69, 9.17) is 5.73 Å². The number of nitrogen functional groups attached to an aromatic ring is 1. The molecule has 8 heteroatoms. The number of rotatable bonds is 5. The molecule has 5 nitrogen and oxygen atoms in total. The van der Waals surface area contributed by atoms with Crippen LogP contribution in [0.25, 0.3) is 10.2 Å². The van der Waals surface area contributed by atoms with E-state index in [1.807, 2.05) is 38.1 Å². The van der Waals surface area contributed by atoms with Crippen molar-refractivity contribution < 1.29 is 9.18 Å². The first kappa shape index (κ1) is 21.5. The largest absolute Gasteiger partial charge is 0.397 e. The molecule has 1 aromatic carbocycles. The Hall–Kier alpha value is -2.19. The lowest BCUT2D eigenvalue weighted by Gasteiger charge is -2.14. The number of amides is 1. The molecule has 0 saturated carbocycles. The van der Waals surface area contributed by atoms with Crippen molar-refractivity contribution in [3.63, 3.8) is 0 Å². The molecule has 1 aliphatic carbocycles. The summed E-state index contributed by atoms with van der Waals surface area (Å²) in [5, 5.41) is 12.4. The number of hydrogen-bond donors (Lipinski definition) is 2. The van der Waals surface area contributed by atoms with Crippen LogP contribution in [0.2, 0.25) is 0 Å². The zero-order valence-corrected chi connectivity index (χ0v) is 18.3. The van der Waals surface area contributed by atoms with Crippen molar-refractivity contribution in [1.29, 1.82) is 0 Å². The van der Waals surface area contributed by atoms with Crippen LogP contribution >= 0.6 is 23.1 Å². The molecule has 3 aromatic rings. The molecule has 2 heterocycles. The number of halogens is 1. The van der Waals surface area contributed by atoms with Crippen LogP contribution in [0.5, 0.6) is 0 Å². The zero-order valence-electron chi connectivity index (χ0n) is 16.6. The van der Waals surface area contributed by atoms with Gasteiger partial charge in [0.25, 0.3) is 5.91 Å².